The van der Waals surface area contributed by atoms with Gasteiger partial charge in [-0.15, -0.1) is 0 Å². The maximum Gasteiger partial charge on any atom is 0.318 e. The molecule has 1 aliphatic rings. The van der Waals surface area contributed by atoms with Crippen molar-refractivity contribution in [3.05, 3.63) is 0 Å². The van der Waals surface area contributed by atoms with Gasteiger partial charge in [0.15, 0.2) is 0 Å². The van der Waals surface area contributed by atoms with Gasteiger partial charge in [-0.05, 0) is 40.5 Å². The first-order valence-corrected chi connectivity index (χ1v) is 7.03. The molecule has 0 aromatic carbocycles. The summed E-state index contributed by atoms with van der Waals surface area (Å²) in [6, 6.07) is -0.225. The summed E-state index contributed by atoms with van der Waals surface area (Å²) in [7, 11) is 1.51. The molecule has 0 heterocycles. The molecule has 1 rings (SSSR count). The maximum atomic E-state index is 12.1. The van der Waals surface area contributed by atoms with E-state index in [1.54, 1.807) is 27.7 Å². The molecule has 3 N–H and O–H groups in total. The Balaban J connectivity index is 2.57. The quantitative estimate of drug-likeness (QED) is 0.675. The largest absolute Gasteiger partial charge is 0.481 e. The van der Waals surface area contributed by atoms with Gasteiger partial charge in [0.25, 0.3) is 0 Å². The second-order valence-corrected chi connectivity index (χ2v) is 6.68. The molecule has 1 fully saturated rings. The minimum Gasteiger partial charge on any atom is -0.481 e. The molecular weight excluding hydrogens is 274 g/mol. The summed E-state index contributed by atoms with van der Waals surface area (Å²) in [4.78, 5) is 36.3. The highest BCUT2D eigenvalue weighted by molar-refractivity contribution is 5.85. The molecule has 0 radical (unpaired) electrons. The zero-order valence-electron chi connectivity index (χ0n) is 13.3. The number of carboxylic acids is 1. The number of nitrogens with one attached hydrogen (secondary N) is 2. The predicted molar refractivity (Wildman–Crippen MR) is 77.8 cm³/mol. The first-order chi connectivity index (χ1) is 9.47. The fourth-order valence-corrected chi connectivity index (χ4v) is 1.57. The highest BCUT2D eigenvalue weighted by Gasteiger charge is 2.44. The average Bonchev–Trinajstić information content (AvgIpc) is 3.11. The first kappa shape index (κ1) is 17.3. The average molecular weight is 299 g/mol. The third-order valence-corrected chi connectivity index (χ3v) is 4.19. The molecule has 3 amide bonds. The smallest absolute Gasteiger partial charge is 0.318 e. The van der Waals surface area contributed by atoms with Crippen LogP contribution in [0.3, 0.4) is 0 Å². The van der Waals surface area contributed by atoms with Crippen molar-refractivity contribution in [3.63, 3.8) is 0 Å². The van der Waals surface area contributed by atoms with Gasteiger partial charge in [-0.25, -0.2) is 4.79 Å². The lowest BCUT2D eigenvalue weighted by Crippen LogP contribution is -2.59. The standard InChI is InChI=1S/C14H25N3O4/c1-13(2,11(19)20)14(3,4)16-12(21)17(5)8-10(18)15-9-6-7-9/h9H,6-8H2,1-5H3,(H,15,18)(H,16,21)(H,19,20). The molecular formula is C14H25N3O4. The highest BCUT2D eigenvalue weighted by Crippen LogP contribution is 2.30. The zero-order valence-corrected chi connectivity index (χ0v) is 13.3. The SMILES string of the molecule is CN(CC(=O)NC1CC1)C(=O)NC(C)(C)C(C)(C)C(=O)O. The van der Waals surface area contributed by atoms with E-state index in [1.165, 1.54) is 11.9 Å². The predicted octanol–water partition coefficient (Wildman–Crippen LogP) is 0.796. The lowest BCUT2D eigenvalue weighted by atomic mass is 9.74. The van der Waals surface area contributed by atoms with E-state index < -0.39 is 23.0 Å². The Morgan fingerprint density at radius 1 is 1.19 bits per heavy atom. The third-order valence-electron chi connectivity index (χ3n) is 4.19. The number of aliphatic carboxylic acids is 1. The van der Waals surface area contributed by atoms with Gasteiger partial charge >= 0.3 is 12.0 Å². The molecule has 0 atom stereocenters. The Kier molecular flexibility index (Phi) is 4.86. The van der Waals surface area contributed by atoms with Gasteiger partial charge in [-0.2, -0.15) is 0 Å². The number of carbonyl (C=O) groups is 3. The van der Waals surface area contributed by atoms with Crippen molar-refractivity contribution in [2.75, 3.05) is 13.6 Å². The number of hydrogen-bond acceptors (Lipinski definition) is 3. The van der Waals surface area contributed by atoms with Gasteiger partial charge < -0.3 is 20.6 Å². The van der Waals surface area contributed by atoms with E-state index in [0.29, 0.717) is 0 Å². The normalized spacial score (nSPS) is 15.3. The van der Waals surface area contributed by atoms with Gasteiger partial charge in [0, 0.05) is 13.1 Å². The minimum atomic E-state index is -1.14. The Bertz CT molecular complexity index is 442. The molecule has 0 spiro atoms. The molecule has 7 nitrogen and oxygen atoms in total. The van der Waals surface area contributed by atoms with Gasteiger partial charge in [-0.3, -0.25) is 9.59 Å². The molecule has 21 heavy (non-hydrogen) atoms. The van der Waals surface area contributed by atoms with Crippen molar-refractivity contribution >= 4 is 17.9 Å². The fraction of sp³-hybridized carbons (Fsp3) is 0.786. The fourth-order valence-electron chi connectivity index (χ4n) is 1.57. The number of hydrogen-bond donors (Lipinski definition) is 3. The highest BCUT2D eigenvalue weighted by atomic mass is 16.4. The number of likely N-dealkylation sites (N-methyl/N-ethyl adjacent to an activating group) is 1. The van der Waals surface area contributed by atoms with Crippen LogP contribution in [0.1, 0.15) is 40.5 Å². The summed E-state index contributed by atoms with van der Waals surface area (Å²) >= 11 is 0. The maximum absolute atomic E-state index is 12.1. The monoisotopic (exact) mass is 299 g/mol. The van der Waals surface area contributed by atoms with Crippen LogP contribution in [-0.2, 0) is 9.59 Å². The molecule has 7 heteroatoms. The van der Waals surface area contributed by atoms with Crippen molar-refractivity contribution in [2.45, 2.75) is 52.1 Å². The summed E-state index contributed by atoms with van der Waals surface area (Å²) in [6.45, 7) is 6.35. The molecule has 0 saturated heterocycles. The van der Waals surface area contributed by atoms with Crippen LogP contribution in [0.5, 0.6) is 0 Å². The number of nitrogens with zero attached hydrogens (tertiary/aromatic N) is 1. The van der Waals surface area contributed by atoms with E-state index in [1.807, 2.05) is 0 Å². The number of amides is 3. The summed E-state index contributed by atoms with van der Waals surface area (Å²) < 4.78 is 0. The number of carboxylic acid groups (broad SMARTS) is 1. The summed E-state index contributed by atoms with van der Waals surface area (Å²) in [5.74, 6) is -1.20. The van der Waals surface area contributed by atoms with E-state index in [9.17, 15) is 19.5 Å². The van der Waals surface area contributed by atoms with Gasteiger partial charge in [0.2, 0.25) is 5.91 Å². The molecule has 0 unspecified atom stereocenters. The number of carbonyl (C=O) groups excluding carboxylic acids is 2. The van der Waals surface area contributed by atoms with Crippen molar-refractivity contribution in [3.8, 4) is 0 Å². The first-order valence-electron chi connectivity index (χ1n) is 7.03. The number of urea groups is 1. The van der Waals surface area contributed by atoms with Crippen LogP contribution in [0.2, 0.25) is 0 Å². The van der Waals surface area contributed by atoms with Crippen LogP contribution in [-0.4, -0.2) is 53.1 Å². The second-order valence-electron chi connectivity index (χ2n) is 6.68. The Labute approximate surface area is 125 Å². The van der Waals surface area contributed by atoms with Crippen molar-refractivity contribution < 1.29 is 19.5 Å². The molecule has 0 aromatic heterocycles. The lowest BCUT2D eigenvalue weighted by molar-refractivity contribution is -0.150. The molecule has 1 aliphatic carbocycles. The summed E-state index contributed by atoms with van der Waals surface area (Å²) in [5.41, 5.74) is -2.10. The zero-order chi connectivity index (χ0) is 16.4. The minimum absolute atomic E-state index is 0.0497. The summed E-state index contributed by atoms with van der Waals surface area (Å²) in [5, 5.41) is 14.7. The lowest BCUT2D eigenvalue weighted by Gasteiger charge is -2.39. The topological polar surface area (TPSA) is 98.7 Å². The molecule has 0 bridgehead atoms. The van der Waals surface area contributed by atoms with Crippen molar-refractivity contribution in [1.82, 2.24) is 15.5 Å². The number of rotatable bonds is 6. The van der Waals surface area contributed by atoms with Crippen LogP contribution in [0.15, 0.2) is 0 Å². The second kappa shape index (κ2) is 5.91. The Morgan fingerprint density at radius 2 is 1.71 bits per heavy atom. The van der Waals surface area contributed by atoms with E-state index in [-0.39, 0.29) is 18.5 Å². The third kappa shape index (κ3) is 4.34. The molecule has 1 saturated carbocycles. The summed E-state index contributed by atoms with van der Waals surface area (Å²) in [6.07, 6.45) is 1.98. The van der Waals surface area contributed by atoms with E-state index in [2.05, 4.69) is 10.6 Å². The van der Waals surface area contributed by atoms with Crippen LogP contribution >= 0.6 is 0 Å². The van der Waals surface area contributed by atoms with E-state index in [0.717, 1.165) is 12.8 Å². The van der Waals surface area contributed by atoms with E-state index >= 15 is 0 Å². The van der Waals surface area contributed by atoms with Gasteiger partial charge in [0.1, 0.15) is 6.54 Å². The van der Waals surface area contributed by atoms with Gasteiger partial charge in [0.05, 0.1) is 11.0 Å². The molecule has 120 valence electrons. The van der Waals surface area contributed by atoms with Crippen molar-refractivity contribution in [1.29, 1.82) is 0 Å². The van der Waals surface area contributed by atoms with Gasteiger partial charge in [-0.1, -0.05) is 0 Å². The van der Waals surface area contributed by atoms with Crippen LogP contribution < -0.4 is 10.6 Å². The molecule has 0 aromatic rings. The van der Waals surface area contributed by atoms with E-state index in [4.69, 9.17) is 0 Å². The van der Waals surface area contributed by atoms with Crippen LogP contribution in [0.4, 0.5) is 4.79 Å². The Hall–Kier alpha value is -1.79. The van der Waals surface area contributed by atoms with Crippen LogP contribution in [0, 0.1) is 5.41 Å². The van der Waals surface area contributed by atoms with Crippen molar-refractivity contribution in [2.24, 2.45) is 5.41 Å². The Morgan fingerprint density at radius 3 is 2.14 bits per heavy atom. The molecule has 0 aliphatic heterocycles. The van der Waals surface area contributed by atoms with Crippen LogP contribution in [0.25, 0.3) is 0 Å².